The van der Waals surface area contributed by atoms with E-state index in [2.05, 4.69) is 82.1 Å². The zero-order valence-electron chi connectivity index (χ0n) is 14.8. The Morgan fingerprint density at radius 3 is 2.05 bits per heavy atom. The van der Waals surface area contributed by atoms with Crippen molar-refractivity contribution in [3.05, 3.63) is 35.9 Å². The van der Waals surface area contributed by atoms with Crippen LogP contribution in [0.25, 0.3) is 0 Å². The van der Waals surface area contributed by atoms with Crippen LogP contribution in [-0.2, 0) is 0 Å². The molecule has 0 aliphatic rings. The largest absolute Gasteiger partial charge is 0.309 e. The molecule has 0 radical (unpaired) electrons. The molecular weight excluding hydrogens is 256 g/mol. The summed E-state index contributed by atoms with van der Waals surface area (Å²) in [6, 6.07) is 11.8. The van der Waals surface area contributed by atoms with Crippen LogP contribution in [0, 0.1) is 11.8 Å². The Labute approximate surface area is 131 Å². The normalized spacial score (nSPS) is 14.9. The van der Waals surface area contributed by atoms with E-state index in [0.29, 0.717) is 23.9 Å². The lowest BCUT2D eigenvalue weighted by atomic mass is 9.89. The first kappa shape index (κ1) is 18.2. The van der Waals surface area contributed by atoms with E-state index >= 15 is 0 Å². The molecule has 21 heavy (non-hydrogen) atoms. The first-order valence-corrected chi connectivity index (χ1v) is 8.53. The van der Waals surface area contributed by atoms with Crippen molar-refractivity contribution in [2.75, 3.05) is 19.6 Å². The van der Waals surface area contributed by atoms with Crippen molar-refractivity contribution >= 4 is 0 Å². The number of rotatable bonds is 9. The predicted molar refractivity (Wildman–Crippen MR) is 93.6 cm³/mol. The highest BCUT2D eigenvalue weighted by atomic mass is 15.2. The molecule has 2 nitrogen and oxygen atoms in total. The summed E-state index contributed by atoms with van der Waals surface area (Å²) in [6.45, 7) is 17.1. The summed E-state index contributed by atoms with van der Waals surface area (Å²) in [5.41, 5.74) is 1.40. The van der Waals surface area contributed by atoms with Gasteiger partial charge in [0.25, 0.3) is 0 Å². The van der Waals surface area contributed by atoms with Crippen LogP contribution in [0.2, 0.25) is 0 Å². The summed E-state index contributed by atoms with van der Waals surface area (Å²) in [7, 11) is 0. The van der Waals surface area contributed by atoms with E-state index in [1.807, 2.05) is 0 Å². The Kier molecular flexibility index (Phi) is 7.98. The highest BCUT2D eigenvalue weighted by Crippen LogP contribution is 2.27. The molecule has 0 aliphatic carbocycles. The number of nitrogens with one attached hydrogen (secondary N) is 1. The SMILES string of the molecule is CCNC(c1ccccc1)C(C(C)C)N(CC)CC(C)C. The molecule has 0 heterocycles. The molecule has 0 aliphatic heterocycles. The lowest BCUT2D eigenvalue weighted by molar-refractivity contribution is 0.110. The minimum absolute atomic E-state index is 0.398. The summed E-state index contributed by atoms with van der Waals surface area (Å²) in [5, 5.41) is 3.73. The zero-order valence-corrected chi connectivity index (χ0v) is 14.8. The zero-order chi connectivity index (χ0) is 15.8. The Balaban J connectivity index is 3.07. The van der Waals surface area contributed by atoms with E-state index in [9.17, 15) is 0 Å². The number of likely N-dealkylation sites (N-methyl/N-ethyl adjacent to an activating group) is 2. The van der Waals surface area contributed by atoms with Crippen LogP contribution < -0.4 is 5.32 Å². The van der Waals surface area contributed by atoms with Crippen molar-refractivity contribution in [2.24, 2.45) is 11.8 Å². The fourth-order valence-corrected chi connectivity index (χ4v) is 3.26. The van der Waals surface area contributed by atoms with Crippen LogP contribution in [0.15, 0.2) is 30.3 Å². The Hall–Kier alpha value is -0.860. The maximum absolute atomic E-state index is 3.73. The highest BCUT2D eigenvalue weighted by molar-refractivity contribution is 5.21. The Morgan fingerprint density at radius 1 is 1.00 bits per heavy atom. The second-order valence-corrected chi connectivity index (χ2v) is 6.66. The molecule has 0 aromatic heterocycles. The standard InChI is InChI=1S/C19H34N2/c1-7-20-18(17-12-10-9-11-13-17)19(16(5)6)21(8-2)14-15(3)4/h9-13,15-16,18-20H,7-8,14H2,1-6H3. The van der Waals surface area contributed by atoms with Gasteiger partial charge in [-0.3, -0.25) is 4.90 Å². The van der Waals surface area contributed by atoms with Crippen LogP contribution in [0.4, 0.5) is 0 Å². The maximum Gasteiger partial charge on any atom is 0.0480 e. The second-order valence-electron chi connectivity index (χ2n) is 6.66. The first-order valence-electron chi connectivity index (χ1n) is 8.53. The van der Waals surface area contributed by atoms with Gasteiger partial charge in [0.1, 0.15) is 0 Å². The van der Waals surface area contributed by atoms with Gasteiger partial charge in [0, 0.05) is 18.6 Å². The molecule has 0 saturated carbocycles. The molecule has 0 saturated heterocycles. The molecule has 2 atom stereocenters. The minimum Gasteiger partial charge on any atom is -0.309 e. The molecule has 120 valence electrons. The van der Waals surface area contributed by atoms with E-state index in [0.717, 1.165) is 19.6 Å². The number of nitrogens with zero attached hydrogens (tertiary/aromatic N) is 1. The monoisotopic (exact) mass is 290 g/mol. The second kappa shape index (κ2) is 9.22. The maximum atomic E-state index is 3.73. The number of benzene rings is 1. The van der Waals surface area contributed by atoms with E-state index in [4.69, 9.17) is 0 Å². The molecule has 2 unspecified atom stereocenters. The van der Waals surface area contributed by atoms with Gasteiger partial charge >= 0.3 is 0 Å². The van der Waals surface area contributed by atoms with Gasteiger partial charge in [-0.1, -0.05) is 71.9 Å². The van der Waals surface area contributed by atoms with Gasteiger partial charge < -0.3 is 5.32 Å². The lowest BCUT2D eigenvalue weighted by Gasteiger charge is -2.40. The summed E-state index contributed by atoms with van der Waals surface area (Å²) >= 11 is 0. The molecule has 1 aromatic carbocycles. The highest BCUT2D eigenvalue weighted by Gasteiger charge is 2.30. The van der Waals surface area contributed by atoms with E-state index in [1.54, 1.807) is 0 Å². The van der Waals surface area contributed by atoms with Crippen molar-refractivity contribution < 1.29 is 0 Å². The summed E-state index contributed by atoms with van der Waals surface area (Å²) in [4.78, 5) is 2.65. The Morgan fingerprint density at radius 2 is 1.62 bits per heavy atom. The van der Waals surface area contributed by atoms with E-state index in [-0.39, 0.29) is 0 Å². The number of hydrogen-bond acceptors (Lipinski definition) is 2. The topological polar surface area (TPSA) is 15.3 Å². The van der Waals surface area contributed by atoms with Crippen molar-refractivity contribution in [3.8, 4) is 0 Å². The fraction of sp³-hybridized carbons (Fsp3) is 0.684. The molecule has 0 bridgehead atoms. The summed E-state index contributed by atoms with van der Waals surface area (Å²) in [6.07, 6.45) is 0. The van der Waals surface area contributed by atoms with Crippen molar-refractivity contribution in [1.82, 2.24) is 10.2 Å². The average Bonchev–Trinajstić information content (AvgIpc) is 2.45. The van der Waals surface area contributed by atoms with Gasteiger partial charge in [-0.05, 0) is 30.5 Å². The van der Waals surface area contributed by atoms with Gasteiger partial charge in [-0.2, -0.15) is 0 Å². The van der Waals surface area contributed by atoms with Crippen LogP contribution in [0.5, 0.6) is 0 Å². The van der Waals surface area contributed by atoms with Crippen LogP contribution in [-0.4, -0.2) is 30.6 Å². The van der Waals surface area contributed by atoms with Gasteiger partial charge in [0.15, 0.2) is 0 Å². The molecule has 0 fully saturated rings. The molecule has 0 amide bonds. The molecule has 2 heteroatoms. The lowest BCUT2D eigenvalue weighted by Crippen LogP contribution is -2.49. The van der Waals surface area contributed by atoms with Crippen LogP contribution in [0.3, 0.4) is 0 Å². The Bertz CT molecular complexity index is 372. The third kappa shape index (κ3) is 5.44. The quantitative estimate of drug-likeness (QED) is 0.728. The van der Waals surface area contributed by atoms with Gasteiger partial charge in [0.05, 0.1) is 0 Å². The molecule has 1 aromatic rings. The van der Waals surface area contributed by atoms with Crippen LogP contribution >= 0.6 is 0 Å². The average molecular weight is 290 g/mol. The first-order chi connectivity index (χ1) is 10.0. The smallest absolute Gasteiger partial charge is 0.0480 e. The molecule has 1 N–H and O–H groups in total. The van der Waals surface area contributed by atoms with Crippen molar-refractivity contribution in [2.45, 2.75) is 53.6 Å². The molecule has 1 rings (SSSR count). The minimum atomic E-state index is 0.398. The van der Waals surface area contributed by atoms with Gasteiger partial charge in [-0.15, -0.1) is 0 Å². The van der Waals surface area contributed by atoms with E-state index in [1.165, 1.54) is 5.56 Å². The summed E-state index contributed by atoms with van der Waals surface area (Å²) in [5.74, 6) is 1.32. The van der Waals surface area contributed by atoms with Gasteiger partial charge in [0.2, 0.25) is 0 Å². The number of hydrogen-bond donors (Lipinski definition) is 1. The molecule has 0 spiro atoms. The third-order valence-electron chi connectivity index (χ3n) is 4.03. The van der Waals surface area contributed by atoms with Crippen molar-refractivity contribution in [1.29, 1.82) is 0 Å². The van der Waals surface area contributed by atoms with E-state index < -0.39 is 0 Å². The van der Waals surface area contributed by atoms with Gasteiger partial charge in [-0.25, -0.2) is 0 Å². The van der Waals surface area contributed by atoms with Crippen LogP contribution in [0.1, 0.15) is 53.1 Å². The third-order valence-corrected chi connectivity index (χ3v) is 4.03. The fourth-order valence-electron chi connectivity index (χ4n) is 3.26. The van der Waals surface area contributed by atoms with Crippen molar-refractivity contribution in [3.63, 3.8) is 0 Å². The molecular formula is C19H34N2. The summed E-state index contributed by atoms with van der Waals surface area (Å²) < 4.78 is 0. The predicted octanol–water partition coefficient (Wildman–Crippen LogP) is 4.34.